The number of nitrogens with zero attached hydrogens (tertiary/aromatic N) is 1. The molecule has 1 N–H and O–H groups in total. The number of rotatable bonds is 7. The molecule has 0 aliphatic rings. The standard InChI is InChI=1S/C16H22N2O/c1-3-14(4-2)17-10-11-19-15-8-7-13-6-5-9-18-16(13)12-15/h5-9,12,14,17H,3-4,10-11H2,1-2H3. The summed E-state index contributed by atoms with van der Waals surface area (Å²) >= 11 is 0. The Kier molecular flexibility index (Phi) is 5.16. The molecule has 0 saturated heterocycles. The van der Waals surface area contributed by atoms with Crippen molar-refractivity contribution in [3.8, 4) is 5.75 Å². The van der Waals surface area contributed by atoms with E-state index in [1.165, 1.54) is 0 Å². The fourth-order valence-corrected chi connectivity index (χ4v) is 2.15. The van der Waals surface area contributed by atoms with Crippen molar-refractivity contribution in [3.05, 3.63) is 36.5 Å². The van der Waals surface area contributed by atoms with Gasteiger partial charge in [-0.1, -0.05) is 19.9 Å². The van der Waals surface area contributed by atoms with Crippen molar-refractivity contribution in [2.75, 3.05) is 13.2 Å². The molecule has 3 nitrogen and oxygen atoms in total. The zero-order valence-electron chi connectivity index (χ0n) is 11.7. The van der Waals surface area contributed by atoms with Crippen LogP contribution in [0.4, 0.5) is 0 Å². The van der Waals surface area contributed by atoms with Gasteiger partial charge in [-0.05, 0) is 31.0 Å². The second-order valence-electron chi connectivity index (χ2n) is 4.67. The van der Waals surface area contributed by atoms with Crippen molar-refractivity contribution in [1.29, 1.82) is 0 Å². The zero-order chi connectivity index (χ0) is 13.5. The van der Waals surface area contributed by atoms with E-state index in [4.69, 9.17) is 4.74 Å². The van der Waals surface area contributed by atoms with Crippen LogP contribution in [0.3, 0.4) is 0 Å². The van der Waals surface area contributed by atoms with E-state index in [2.05, 4.69) is 30.2 Å². The highest BCUT2D eigenvalue weighted by Crippen LogP contribution is 2.18. The SMILES string of the molecule is CCC(CC)NCCOc1ccc2cccnc2c1. The van der Waals surface area contributed by atoms with E-state index in [0.29, 0.717) is 12.6 Å². The average Bonchev–Trinajstić information content (AvgIpc) is 2.47. The molecule has 0 unspecified atom stereocenters. The Morgan fingerprint density at radius 2 is 2.05 bits per heavy atom. The van der Waals surface area contributed by atoms with Crippen LogP contribution in [0.5, 0.6) is 5.75 Å². The lowest BCUT2D eigenvalue weighted by Gasteiger charge is -2.14. The largest absolute Gasteiger partial charge is 0.492 e. The Morgan fingerprint density at radius 1 is 1.21 bits per heavy atom. The molecule has 2 aromatic rings. The van der Waals surface area contributed by atoms with Crippen LogP contribution in [-0.4, -0.2) is 24.2 Å². The monoisotopic (exact) mass is 258 g/mol. The summed E-state index contributed by atoms with van der Waals surface area (Å²) in [6.07, 6.45) is 4.13. The van der Waals surface area contributed by atoms with Crippen molar-refractivity contribution in [2.45, 2.75) is 32.7 Å². The van der Waals surface area contributed by atoms with Gasteiger partial charge >= 0.3 is 0 Å². The third-order valence-corrected chi connectivity index (χ3v) is 3.37. The number of aromatic nitrogens is 1. The first kappa shape index (κ1) is 13.8. The molecule has 0 saturated carbocycles. The average molecular weight is 258 g/mol. The maximum Gasteiger partial charge on any atom is 0.121 e. The molecule has 0 amide bonds. The topological polar surface area (TPSA) is 34.1 Å². The van der Waals surface area contributed by atoms with Crippen LogP contribution in [0.25, 0.3) is 10.9 Å². The van der Waals surface area contributed by atoms with E-state index < -0.39 is 0 Å². The van der Waals surface area contributed by atoms with Gasteiger partial charge in [-0.15, -0.1) is 0 Å². The summed E-state index contributed by atoms with van der Waals surface area (Å²) in [5.41, 5.74) is 0.980. The van der Waals surface area contributed by atoms with Gasteiger partial charge < -0.3 is 10.1 Å². The third-order valence-electron chi connectivity index (χ3n) is 3.37. The fourth-order valence-electron chi connectivity index (χ4n) is 2.15. The van der Waals surface area contributed by atoms with E-state index in [9.17, 15) is 0 Å². The summed E-state index contributed by atoms with van der Waals surface area (Å²) < 4.78 is 5.75. The number of fused-ring (bicyclic) bond motifs is 1. The summed E-state index contributed by atoms with van der Waals surface area (Å²) in [5, 5.41) is 4.63. The number of nitrogens with one attached hydrogen (secondary N) is 1. The molecule has 2 rings (SSSR count). The van der Waals surface area contributed by atoms with E-state index in [0.717, 1.165) is 36.0 Å². The van der Waals surface area contributed by atoms with Crippen LogP contribution in [0.1, 0.15) is 26.7 Å². The van der Waals surface area contributed by atoms with Gasteiger partial charge in [0.1, 0.15) is 12.4 Å². The predicted molar refractivity (Wildman–Crippen MR) is 79.6 cm³/mol. The molecule has 1 aromatic carbocycles. The molecule has 0 spiro atoms. The van der Waals surface area contributed by atoms with Gasteiger partial charge in [0.25, 0.3) is 0 Å². The second kappa shape index (κ2) is 7.10. The summed E-state index contributed by atoms with van der Waals surface area (Å²) in [6.45, 7) is 5.98. The Morgan fingerprint density at radius 3 is 2.84 bits per heavy atom. The molecule has 1 heterocycles. The lowest BCUT2D eigenvalue weighted by atomic mass is 10.2. The summed E-state index contributed by atoms with van der Waals surface area (Å²) in [4.78, 5) is 4.33. The molecular formula is C16H22N2O. The Balaban J connectivity index is 1.84. The summed E-state index contributed by atoms with van der Waals surface area (Å²) in [7, 11) is 0. The third kappa shape index (κ3) is 3.93. The van der Waals surface area contributed by atoms with Gasteiger partial charge in [0.05, 0.1) is 5.52 Å². The lowest BCUT2D eigenvalue weighted by molar-refractivity contribution is 0.302. The minimum Gasteiger partial charge on any atom is -0.492 e. The Labute approximate surface area is 115 Å². The van der Waals surface area contributed by atoms with Crippen molar-refractivity contribution in [3.63, 3.8) is 0 Å². The summed E-state index contributed by atoms with van der Waals surface area (Å²) in [6, 6.07) is 10.6. The first-order valence-corrected chi connectivity index (χ1v) is 7.04. The van der Waals surface area contributed by atoms with E-state index in [-0.39, 0.29) is 0 Å². The van der Waals surface area contributed by atoms with Gasteiger partial charge in [-0.2, -0.15) is 0 Å². The molecule has 19 heavy (non-hydrogen) atoms. The minimum atomic E-state index is 0.599. The normalized spacial score (nSPS) is 11.1. The molecule has 0 fully saturated rings. The molecule has 0 aliphatic carbocycles. The van der Waals surface area contributed by atoms with Gasteiger partial charge in [-0.25, -0.2) is 0 Å². The number of hydrogen-bond acceptors (Lipinski definition) is 3. The highest BCUT2D eigenvalue weighted by Gasteiger charge is 2.02. The minimum absolute atomic E-state index is 0.599. The van der Waals surface area contributed by atoms with Crippen LogP contribution >= 0.6 is 0 Å². The molecule has 1 aromatic heterocycles. The first-order chi connectivity index (χ1) is 9.33. The van der Waals surface area contributed by atoms with E-state index >= 15 is 0 Å². The fraction of sp³-hybridized carbons (Fsp3) is 0.438. The number of ether oxygens (including phenoxy) is 1. The molecule has 0 radical (unpaired) electrons. The Hall–Kier alpha value is -1.61. The van der Waals surface area contributed by atoms with Crippen LogP contribution in [0.15, 0.2) is 36.5 Å². The smallest absolute Gasteiger partial charge is 0.121 e. The molecular weight excluding hydrogens is 236 g/mol. The quantitative estimate of drug-likeness (QED) is 0.773. The summed E-state index contributed by atoms with van der Waals surface area (Å²) in [5.74, 6) is 0.887. The van der Waals surface area contributed by atoms with Gasteiger partial charge in [0.2, 0.25) is 0 Å². The van der Waals surface area contributed by atoms with Crippen molar-refractivity contribution < 1.29 is 4.74 Å². The van der Waals surface area contributed by atoms with E-state index in [1.54, 1.807) is 6.20 Å². The molecule has 0 bridgehead atoms. The second-order valence-corrected chi connectivity index (χ2v) is 4.67. The first-order valence-electron chi connectivity index (χ1n) is 7.04. The molecule has 102 valence electrons. The molecule has 0 atom stereocenters. The van der Waals surface area contributed by atoms with Gasteiger partial charge in [0, 0.05) is 30.2 Å². The maximum absolute atomic E-state index is 5.75. The van der Waals surface area contributed by atoms with Crippen molar-refractivity contribution in [1.82, 2.24) is 10.3 Å². The van der Waals surface area contributed by atoms with Crippen LogP contribution in [0, 0.1) is 0 Å². The number of hydrogen-bond donors (Lipinski definition) is 1. The Bertz CT molecular complexity index is 509. The lowest BCUT2D eigenvalue weighted by Crippen LogP contribution is -2.31. The number of benzene rings is 1. The van der Waals surface area contributed by atoms with Crippen molar-refractivity contribution in [2.24, 2.45) is 0 Å². The molecule has 0 aliphatic heterocycles. The van der Waals surface area contributed by atoms with E-state index in [1.807, 2.05) is 24.3 Å². The zero-order valence-corrected chi connectivity index (χ0v) is 11.7. The van der Waals surface area contributed by atoms with Crippen LogP contribution in [-0.2, 0) is 0 Å². The van der Waals surface area contributed by atoms with Crippen molar-refractivity contribution >= 4 is 10.9 Å². The van der Waals surface area contributed by atoms with Crippen LogP contribution < -0.4 is 10.1 Å². The highest BCUT2D eigenvalue weighted by molar-refractivity contribution is 5.79. The molecule has 3 heteroatoms. The maximum atomic E-state index is 5.75. The predicted octanol–water partition coefficient (Wildman–Crippen LogP) is 3.39. The van der Waals surface area contributed by atoms with Gasteiger partial charge in [-0.3, -0.25) is 4.98 Å². The number of pyridine rings is 1. The van der Waals surface area contributed by atoms with Crippen LogP contribution in [0.2, 0.25) is 0 Å². The highest BCUT2D eigenvalue weighted by atomic mass is 16.5. The van der Waals surface area contributed by atoms with Gasteiger partial charge in [0.15, 0.2) is 0 Å².